The summed E-state index contributed by atoms with van der Waals surface area (Å²) in [4.78, 5) is 0. The minimum Gasteiger partial charge on any atom is -0.409 e. The second-order valence-corrected chi connectivity index (χ2v) is 5.18. The molecule has 0 amide bonds. The Morgan fingerprint density at radius 2 is 1.84 bits per heavy atom. The molecule has 2 aromatic rings. The zero-order chi connectivity index (χ0) is 13.7. The van der Waals surface area contributed by atoms with Crippen LogP contribution >= 0.6 is 22.6 Å². The maximum atomic E-state index is 8.59. The van der Waals surface area contributed by atoms with E-state index in [4.69, 9.17) is 10.9 Å². The number of nitrogens with one attached hydrogen (secondary N) is 1. The summed E-state index contributed by atoms with van der Waals surface area (Å²) >= 11 is 2.30. The van der Waals surface area contributed by atoms with E-state index >= 15 is 0 Å². The van der Waals surface area contributed by atoms with E-state index in [2.05, 4.69) is 39.1 Å². The predicted molar refractivity (Wildman–Crippen MR) is 85.4 cm³/mol. The van der Waals surface area contributed by atoms with Crippen LogP contribution in [0.5, 0.6) is 0 Å². The van der Waals surface area contributed by atoms with Gasteiger partial charge in [-0.25, -0.2) is 0 Å². The molecule has 0 aliphatic rings. The summed E-state index contributed by atoms with van der Waals surface area (Å²) in [7, 11) is 0. The molecule has 0 fully saturated rings. The molecule has 0 aliphatic heterocycles. The predicted octanol–water partition coefficient (Wildman–Crippen LogP) is 3.00. The summed E-state index contributed by atoms with van der Waals surface area (Å²) in [6, 6.07) is 15.7. The molecule has 0 radical (unpaired) electrons. The lowest BCUT2D eigenvalue weighted by Crippen LogP contribution is -2.13. The molecule has 0 atom stereocenters. The minimum absolute atomic E-state index is 0.122. The Kier molecular flexibility index (Phi) is 4.62. The van der Waals surface area contributed by atoms with Crippen LogP contribution in [0.2, 0.25) is 0 Å². The van der Waals surface area contributed by atoms with E-state index in [0.29, 0.717) is 5.56 Å². The number of hydrogen-bond donors (Lipinski definition) is 3. The van der Waals surface area contributed by atoms with Crippen LogP contribution in [0.3, 0.4) is 0 Å². The van der Waals surface area contributed by atoms with Crippen molar-refractivity contribution in [3.63, 3.8) is 0 Å². The van der Waals surface area contributed by atoms with E-state index in [1.54, 1.807) is 0 Å². The van der Waals surface area contributed by atoms with Crippen LogP contribution in [0, 0.1) is 3.57 Å². The van der Waals surface area contributed by atoms with Gasteiger partial charge in [0.15, 0.2) is 5.84 Å². The molecule has 0 aliphatic carbocycles. The highest BCUT2D eigenvalue weighted by Gasteiger charge is 2.00. The zero-order valence-corrected chi connectivity index (χ0v) is 12.3. The van der Waals surface area contributed by atoms with Crippen molar-refractivity contribution in [1.29, 1.82) is 0 Å². The van der Waals surface area contributed by atoms with E-state index in [1.807, 2.05) is 42.5 Å². The zero-order valence-electron chi connectivity index (χ0n) is 10.2. The van der Waals surface area contributed by atoms with Gasteiger partial charge in [0.1, 0.15) is 0 Å². The van der Waals surface area contributed by atoms with Crippen LogP contribution < -0.4 is 11.1 Å². The number of nitrogens with zero attached hydrogens (tertiary/aromatic N) is 1. The van der Waals surface area contributed by atoms with Crippen LogP contribution in [0.1, 0.15) is 11.1 Å². The highest BCUT2D eigenvalue weighted by atomic mass is 127. The molecular weight excluding hydrogens is 353 g/mol. The highest BCUT2D eigenvalue weighted by molar-refractivity contribution is 14.1. The number of rotatable bonds is 4. The van der Waals surface area contributed by atoms with Gasteiger partial charge in [0.2, 0.25) is 0 Å². The highest BCUT2D eigenvalue weighted by Crippen LogP contribution is 2.18. The largest absolute Gasteiger partial charge is 0.409 e. The fourth-order valence-corrected chi connectivity index (χ4v) is 2.23. The topological polar surface area (TPSA) is 70.6 Å². The quantitative estimate of drug-likeness (QED) is 0.256. The van der Waals surface area contributed by atoms with Crippen LogP contribution in [0.4, 0.5) is 5.69 Å². The van der Waals surface area contributed by atoms with E-state index in [0.717, 1.165) is 17.8 Å². The number of halogens is 1. The monoisotopic (exact) mass is 367 g/mol. The molecule has 2 aromatic carbocycles. The second kappa shape index (κ2) is 6.42. The average Bonchev–Trinajstić information content (AvgIpc) is 2.46. The Bertz CT molecular complexity index is 581. The Morgan fingerprint density at radius 1 is 1.16 bits per heavy atom. The lowest BCUT2D eigenvalue weighted by atomic mass is 10.1. The summed E-state index contributed by atoms with van der Waals surface area (Å²) in [5.74, 6) is 0.122. The Balaban J connectivity index is 2.03. The van der Waals surface area contributed by atoms with Gasteiger partial charge in [-0.15, -0.1) is 0 Å². The summed E-state index contributed by atoms with van der Waals surface area (Å²) in [6.07, 6.45) is 0. The van der Waals surface area contributed by atoms with Crippen molar-refractivity contribution in [2.24, 2.45) is 10.9 Å². The van der Waals surface area contributed by atoms with Crippen molar-refractivity contribution in [3.05, 3.63) is 63.2 Å². The smallest absolute Gasteiger partial charge is 0.170 e. The van der Waals surface area contributed by atoms with Gasteiger partial charge < -0.3 is 16.3 Å². The van der Waals surface area contributed by atoms with Gasteiger partial charge in [-0.3, -0.25) is 0 Å². The Morgan fingerprint density at radius 3 is 2.47 bits per heavy atom. The molecule has 0 heterocycles. The number of benzene rings is 2. The van der Waals surface area contributed by atoms with Crippen LogP contribution in [-0.2, 0) is 6.54 Å². The summed E-state index contributed by atoms with van der Waals surface area (Å²) < 4.78 is 1.19. The maximum absolute atomic E-state index is 8.59. The van der Waals surface area contributed by atoms with Gasteiger partial charge in [-0.1, -0.05) is 41.6 Å². The van der Waals surface area contributed by atoms with Gasteiger partial charge in [-0.2, -0.15) is 0 Å². The van der Waals surface area contributed by atoms with Gasteiger partial charge in [0.05, 0.1) is 0 Å². The van der Waals surface area contributed by atoms with Crippen LogP contribution in [0.25, 0.3) is 0 Å². The number of oxime groups is 1. The first-order chi connectivity index (χ1) is 9.20. The van der Waals surface area contributed by atoms with Crippen molar-refractivity contribution in [1.82, 2.24) is 0 Å². The van der Waals surface area contributed by atoms with Crippen molar-refractivity contribution in [3.8, 4) is 0 Å². The van der Waals surface area contributed by atoms with Crippen molar-refractivity contribution in [2.45, 2.75) is 6.54 Å². The standard InChI is InChI=1S/C14H14IN3O/c15-12-3-1-2-4-13(12)17-9-10-5-7-11(8-6-10)14(16)18-19/h1-8,17,19H,9H2,(H2,16,18). The number of anilines is 1. The third-order valence-electron chi connectivity index (χ3n) is 2.71. The fourth-order valence-electron chi connectivity index (χ4n) is 1.65. The number of amidine groups is 1. The number of nitrogens with two attached hydrogens (primary N) is 1. The molecule has 0 saturated carbocycles. The SMILES string of the molecule is NC(=NO)c1ccc(CNc2ccccc2I)cc1. The molecule has 0 bridgehead atoms. The number of hydrogen-bond acceptors (Lipinski definition) is 3. The van der Waals surface area contributed by atoms with Crippen LogP contribution in [0.15, 0.2) is 53.7 Å². The third-order valence-corrected chi connectivity index (χ3v) is 3.65. The first-order valence-corrected chi connectivity index (χ1v) is 6.84. The van der Waals surface area contributed by atoms with E-state index in [-0.39, 0.29) is 5.84 Å². The molecule has 19 heavy (non-hydrogen) atoms. The van der Waals surface area contributed by atoms with Crippen molar-refractivity contribution >= 4 is 34.1 Å². The molecule has 0 aromatic heterocycles. The molecule has 5 heteroatoms. The summed E-state index contributed by atoms with van der Waals surface area (Å²) in [5, 5.41) is 14.9. The van der Waals surface area contributed by atoms with Gasteiger partial charge in [0.25, 0.3) is 0 Å². The first kappa shape index (κ1) is 13.7. The summed E-state index contributed by atoms with van der Waals surface area (Å²) in [5.41, 5.74) is 8.47. The lowest BCUT2D eigenvalue weighted by Gasteiger charge is -2.09. The second-order valence-electron chi connectivity index (χ2n) is 4.02. The van der Waals surface area contributed by atoms with Gasteiger partial charge in [-0.05, 0) is 40.3 Å². The van der Waals surface area contributed by atoms with E-state index in [9.17, 15) is 0 Å². The minimum atomic E-state index is 0.122. The molecular formula is C14H14IN3O. The van der Waals surface area contributed by atoms with Gasteiger partial charge in [0, 0.05) is 21.4 Å². The van der Waals surface area contributed by atoms with Crippen LogP contribution in [-0.4, -0.2) is 11.0 Å². The average molecular weight is 367 g/mol. The molecule has 0 unspecified atom stereocenters. The third kappa shape index (κ3) is 3.60. The fraction of sp³-hybridized carbons (Fsp3) is 0.0714. The van der Waals surface area contributed by atoms with E-state index in [1.165, 1.54) is 3.57 Å². The Hall–Kier alpha value is -1.76. The molecule has 0 spiro atoms. The summed E-state index contributed by atoms with van der Waals surface area (Å²) in [6.45, 7) is 0.733. The van der Waals surface area contributed by atoms with Gasteiger partial charge >= 0.3 is 0 Å². The molecule has 0 saturated heterocycles. The number of para-hydroxylation sites is 1. The van der Waals surface area contributed by atoms with Crippen molar-refractivity contribution in [2.75, 3.05) is 5.32 Å². The lowest BCUT2D eigenvalue weighted by molar-refractivity contribution is 0.318. The van der Waals surface area contributed by atoms with E-state index < -0.39 is 0 Å². The molecule has 2 rings (SSSR count). The molecule has 4 nitrogen and oxygen atoms in total. The molecule has 4 N–H and O–H groups in total. The Labute approximate surface area is 125 Å². The molecule has 98 valence electrons. The first-order valence-electron chi connectivity index (χ1n) is 5.76. The normalized spacial score (nSPS) is 11.3. The van der Waals surface area contributed by atoms with Crippen molar-refractivity contribution < 1.29 is 5.21 Å². The maximum Gasteiger partial charge on any atom is 0.170 e.